The largest absolute Gasteiger partial charge is 0.352 e. The van der Waals surface area contributed by atoms with Gasteiger partial charge in [0.05, 0.1) is 6.04 Å². The first-order chi connectivity index (χ1) is 8.99. The molecule has 1 N–H and O–H groups in total. The normalized spacial score (nSPS) is 21.6. The molecule has 0 radical (unpaired) electrons. The maximum atomic E-state index is 12.3. The van der Waals surface area contributed by atoms with E-state index in [1.165, 1.54) is 0 Å². The van der Waals surface area contributed by atoms with Gasteiger partial charge < -0.3 is 5.32 Å². The van der Waals surface area contributed by atoms with Crippen molar-refractivity contribution in [2.24, 2.45) is 0 Å². The van der Waals surface area contributed by atoms with Crippen molar-refractivity contribution in [3.05, 3.63) is 0 Å². The minimum Gasteiger partial charge on any atom is -0.352 e. The molecule has 2 atom stereocenters. The summed E-state index contributed by atoms with van der Waals surface area (Å²) in [6, 6.07) is 0.385. The number of amides is 1. The molecule has 4 heteroatoms. The van der Waals surface area contributed by atoms with Crippen molar-refractivity contribution in [2.45, 2.75) is 77.9 Å². The molecule has 0 spiro atoms. The van der Waals surface area contributed by atoms with E-state index in [-0.39, 0.29) is 29.8 Å². The summed E-state index contributed by atoms with van der Waals surface area (Å²) in [4.78, 5) is 25.7. The molecule has 4 nitrogen and oxygen atoms in total. The number of Topliss-reactive ketones (excluding diaryl/α,β-unsaturated/α-hetero) is 1. The fourth-order valence-electron chi connectivity index (χ4n) is 2.88. The van der Waals surface area contributed by atoms with Gasteiger partial charge in [0.2, 0.25) is 5.91 Å². The van der Waals surface area contributed by atoms with Crippen molar-refractivity contribution in [1.29, 1.82) is 0 Å². The lowest BCUT2D eigenvalue weighted by Crippen LogP contribution is -2.49. The average Bonchev–Trinajstić information content (AvgIpc) is 2.81. The number of nitrogens with one attached hydrogen (secondary N) is 1. The van der Waals surface area contributed by atoms with E-state index in [0.29, 0.717) is 6.42 Å². The Morgan fingerprint density at radius 3 is 2.47 bits per heavy atom. The SMILES string of the molecule is CCC(CC)NC(=O)C(C)N1CCCC1CC(C)=O. The molecule has 1 heterocycles. The molecule has 110 valence electrons. The highest BCUT2D eigenvalue weighted by Gasteiger charge is 2.32. The molecular weight excluding hydrogens is 240 g/mol. The summed E-state index contributed by atoms with van der Waals surface area (Å²) >= 11 is 0. The number of nitrogens with zero attached hydrogens (tertiary/aromatic N) is 1. The first-order valence-corrected chi connectivity index (χ1v) is 7.55. The van der Waals surface area contributed by atoms with Crippen LogP contribution in [0.3, 0.4) is 0 Å². The van der Waals surface area contributed by atoms with Crippen LogP contribution >= 0.6 is 0 Å². The van der Waals surface area contributed by atoms with E-state index in [2.05, 4.69) is 24.1 Å². The van der Waals surface area contributed by atoms with Crippen LogP contribution in [0.1, 0.15) is 59.8 Å². The number of hydrogen-bond acceptors (Lipinski definition) is 3. The van der Waals surface area contributed by atoms with Crippen molar-refractivity contribution in [3.8, 4) is 0 Å². The molecule has 0 aromatic carbocycles. The van der Waals surface area contributed by atoms with Gasteiger partial charge in [0.1, 0.15) is 5.78 Å². The Kier molecular flexibility index (Phi) is 6.49. The average molecular weight is 268 g/mol. The summed E-state index contributed by atoms with van der Waals surface area (Å²) in [5, 5.41) is 3.10. The summed E-state index contributed by atoms with van der Waals surface area (Å²) in [6.45, 7) is 8.69. The summed E-state index contributed by atoms with van der Waals surface area (Å²) < 4.78 is 0. The molecule has 0 aromatic heterocycles. The van der Waals surface area contributed by atoms with Gasteiger partial charge in [-0.1, -0.05) is 13.8 Å². The van der Waals surface area contributed by atoms with Crippen molar-refractivity contribution < 1.29 is 9.59 Å². The van der Waals surface area contributed by atoms with Gasteiger partial charge in [-0.05, 0) is 46.1 Å². The van der Waals surface area contributed by atoms with Crippen LogP contribution in [-0.4, -0.2) is 41.3 Å². The van der Waals surface area contributed by atoms with Crippen LogP contribution in [-0.2, 0) is 9.59 Å². The summed E-state index contributed by atoms with van der Waals surface area (Å²) in [5.74, 6) is 0.314. The topological polar surface area (TPSA) is 49.4 Å². The van der Waals surface area contributed by atoms with Crippen LogP contribution < -0.4 is 5.32 Å². The first-order valence-electron chi connectivity index (χ1n) is 7.55. The number of hydrogen-bond donors (Lipinski definition) is 1. The first kappa shape index (κ1) is 16.2. The fraction of sp³-hybridized carbons (Fsp3) is 0.867. The van der Waals surface area contributed by atoms with Crippen molar-refractivity contribution in [2.75, 3.05) is 6.54 Å². The summed E-state index contributed by atoms with van der Waals surface area (Å²) in [6.07, 6.45) is 4.61. The monoisotopic (exact) mass is 268 g/mol. The zero-order chi connectivity index (χ0) is 14.4. The second-order valence-corrected chi connectivity index (χ2v) is 5.64. The Hall–Kier alpha value is -0.900. The number of likely N-dealkylation sites (tertiary alicyclic amines) is 1. The third-order valence-electron chi connectivity index (χ3n) is 4.15. The third-order valence-corrected chi connectivity index (χ3v) is 4.15. The zero-order valence-corrected chi connectivity index (χ0v) is 12.7. The van der Waals surface area contributed by atoms with Crippen LogP contribution in [0.2, 0.25) is 0 Å². The molecule has 0 aliphatic carbocycles. The van der Waals surface area contributed by atoms with Crippen LogP contribution in [0.15, 0.2) is 0 Å². The van der Waals surface area contributed by atoms with E-state index in [1.807, 2.05) is 6.92 Å². The smallest absolute Gasteiger partial charge is 0.237 e. The zero-order valence-electron chi connectivity index (χ0n) is 12.7. The van der Waals surface area contributed by atoms with E-state index in [1.54, 1.807) is 6.92 Å². The molecular formula is C15H28N2O2. The van der Waals surface area contributed by atoms with Crippen molar-refractivity contribution in [1.82, 2.24) is 10.2 Å². The van der Waals surface area contributed by atoms with Gasteiger partial charge in [-0.3, -0.25) is 14.5 Å². The lowest BCUT2D eigenvalue weighted by molar-refractivity contribution is -0.128. The van der Waals surface area contributed by atoms with Gasteiger partial charge in [-0.15, -0.1) is 0 Å². The Morgan fingerprint density at radius 1 is 1.32 bits per heavy atom. The van der Waals surface area contributed by atoms with E-state index in [4.69, 9.17) is 0 Å². The molecule has 0 aromatic rings. The molecule has 2 unspecified atom stereocenters. The highest BCUT2D eigenvalue weighted by molar-refractivity contribution is 5.82. The van der Waals surface area contributed by atoms with Crippen molar-refractivity contribution in [3.63, 3.8) is 0 Å². The maximum absolute atomic E-state index is 12.3. The molecule has 1 fully saturated rings. The van der Waals surface area contributed by atoms with Gasteiger partial charge in [-0.2, -0.15) is 0 Å². The molecule has 1 rings (SSSR count). The minimum atomic E-state index is -0.132. The molecule has 0 saturated carbocycles. The second-order valence-electron chi connectivity index (χ2n) is 5.64. The van der Waals surface area contributed by atoms with Crippen LogP contribution in [0.5, 0.6) is 0 Å². The second kappa shape index (κ2) is 7.63. The van der Waals surface area contributed by atoms with E-state index < -0.39 is 0 Å². The summed E-state index contributed by atoms with van der Waals surface area (Å²) in [7, 11) is 0. The molecule has 19 heavy (non-hydrogen) atoms. The van der Waals surface area contributed by atoms with Gasteiger partial charge in [-0.25, -0.2) is 0 Å². The summed E-state index contributed by atoms with van der Waals surface area (Å²) in [5.41, 5.74) is 0. The molecule has 1 saturated heterocycles. The molecule has 1 aliphatic heterocycles. The number of carbonyl (C=O) groups is 2. The van der Waals surface area contributed by atoms with Crippen LogP contribution in [0.4, 0.5) is 0 Å². The van der Waals surface area contributed by atoms with Crippen molar-refractivity contribution >= 4 is 11.7 Å². The van der Waals surface area contributed by atoms with Gasteiger partial charge in [0.25, 0.3) is 0 Å². The standard InChI is InChI=1S/C15H28N2O2/c1-5-13(6-2)16-15(19)12(4)17-9-7-8-14(17)10-11(3)18/h12-14H,5-10H2,1-4H3,(H,16,19). The van der Waals surface area contributed by atoms with Crippen LogP contribution in [0.25, 0.3) is 0 Å². The van der Waals surface area contributed by atoms with E-state index in [0.717, 1.165) is 32.2 Å². The fourth-order valence-corrected chi connectivity index (χ4v) is 2.88. The van der Waals surface area contributed by atoms with E-state index >= 15 is 0 Å². The Balaban J connectivity index is 2.57. The molecule has 0 bridgehead atoms. The van der Waals surface area contributed by atoms with Crippen LogP contribution in [0, 0.1) is 0 Å². The lowest BCUT2D eigenvalue weighted by atomic mass is 10.1. The highest BCUT2D eigenvalue weighted by atomic mass is 16.2. The quantitative estimate of drug-likeness (QED) is 0.769. The van der Waals surface area contributed by atoms with Gasteiger partial charge >= 0.3 is 0 Å². The Morgan fingerprint density at radius 2 is 1.95 bits per heavy atom. The van der Waals surface area contributed by atoms with E-state index in [9.17, 15) is 9.59 Å². The Bertz CT molecular complexity index is 313. The highest BCUT2D eigenvalue weighted by Crippen LogP contribution is 2.23. The lowest BCUT2D eigenvalue weighted by Gasteiger charge is -2.30. The van der Waals surface area contributed by atoms with Gasteiger partial charge in [0.15, 0.2) is 0 Å². The Labute approximate surface area is 116 Å². The predicted octanol–water partition coefficient (Wildman–Crippen LogP) is 2.12. The number of ketones is 1. The minimum absolute atomic E-state index is 0.101. The molecule has 1 aliphatic rings. The predicted molar refractivity (Wildman–Crippen MR) is 77.0 cm³/mol. The number of carbonyl (C=O) groups excluding carboxylic acids is 2. The van der Waals surface area contributed by atoms with Gasteiger partial charge in [0, 0.05) is 18.5 Å². The maximum Gasteiger partial charge on any atom is 0.237 e. The molecule has 1 amide bonds. The number of rotatable bonds is 7. The third kappa shape index (κ3) is 4.60.